The van der Waals surface area contributed by atoms with Crippen molar-refractivity contribution in [3.63, 3.8) is 0 Å². The number of hydrogen-bond donors (Lipinski definition) is 2. The first-order valence-corrected chi connectivity index (χ1v) is 9.10. The number of aromatic nitrogens is 1. The molecule has 0 spiro atoms. The Morgan fingerprint density at radius 1 is 1.36 bits per heavy atom. The van der Waals surface area contributed by atoms with Crippen LogP contribution >= 0.6 is 0 Å². The predicted molar refractivity (Wildman–Crippen MR) is 102 cm³/mol. The highest BCUT2D eigenvalue weighted by molar-refractivity contribution is 6.00. The third-order valence-electron chi connectivity index (χ3n) is 4.10. The molecule has 0 saturated carbocycles. The minimum atomic E-state index is -0.810. The van der Waals surface area contributed by atoms with E-state index >= 15 is 0 Å². The number of pyridine rings is 1. The van der Waals surface area contributed by atoms with Crippen LogP contribution in [0.1, 0.15) is 54.2 Å². The van der Waals surface area contributed by atoms with Crippen molar-refractivity contribution in [2.24, 2.45) is 0 Å². The lowest BCUT2D eigenvalue weighted by molar-refractivity contribution is -0.137. The molecule has 0 saturated heterocycles. The van der Waals surface area contributed by atoms with Crippen LogP contribution in [0.5, 0.6) is 0 Å². The molecule has 2 aromatic rings. The van der Waals surface area contributed by atoms with Gasteiger partial charge in [0, 0.05) is 13.0 Å². The van der Waals surface area contributed by atoms with Gasteiger partial charge in [0.2, 0.25) is 0 Å². The number of ether oxygens (including phenoxy) is 1. The summed E-state index contributed by atoms with van der Waals surface area (Å²) in [5.74, 6) is -0.627. The van der Waals surface area contributed by atoms with Gasteiger partial charge in [-0.3, -0.25) is 4.79 Å². The molecular weight excluding hydrogens is 362 g/mol. The van der Waals surface area contributed by atoms with E-state index in [0.29, 0.717) is 35.8 Å². The SMILES string of the molecule is CCOC(=O)c1c(C)nc(NCCCCCC(=O)O)c(C#N)c1-c1ccco1. The third-order valence-corrected chi connectivity index (χ3v) is 4.10. The summed E-state index contributed by atoms with van der Waals surface area (Å²) in [5, 5.41) is 21.5. The number of esters is 1. The van der Waals surface area contributed by atoms with Crippen molar-refractivity contribution >= 4 is 17.8 Å². The quantitative estimate of drug-likeness (QED) is 0.468. The summed E-state index contributed by atoms with van der Waals surface area (Å²) in [6, 6.07) is 5.47. The molecule has 0 unspecified atom stereocenters. The van der Waals surface area contributed by atoms with Crippen LogP contribution in [0.15, 0.2) is 22.8 Å². The number of carboxylic acid groups (broad SMARTS) is 1. The van der Waals surface area contributed by atoms with Crippen LogP contribution in [-0.4, -0.2) is 35.2 Å². The van der Waals surface area contributed by atoms with E-state index in [2.05, 4.69) is 16.4 Å². The lowest BCUT2D eigenvalue weighted by atomic mass is 9.98. The number of furan rings is 1. The average Bonchev–Trinajstić information content (AvgIpc) is 3.18. The largest absolute Gasteiger partial charge is 0.481 e. The number of nitrogens with one attached hydrogen (secondary N) is 1. The number of aryl methyl sites for hydroxylation is 1. The van der Waals surface area contributed by atoms with Crippen molar-refractivity contribution in [2.45, 2.75) is 39.5 Å². The Balaban J connectivity index is 2.31. The van der Waals surface area contributed by atoms with Crippen molar-refractivity contribution in [3.05, 3.63) is 35.2 Å². The topological polar surface area (TPSA) is 125 Å². The van der Waals surface area contributed by atoms with Crippen LogP contribution in [0.2, 0.25) is 0 Å². The maximum atomic E-state index is 12.5. The molecule has 0 bridgehead atoms. The molecule has 0 amide bonds. The number of hydrogen-bond acceptors (Lipinski definition) is 7. The van der Waals surface area contributed by atoms with Crippen molar-refractivity contribution in [3.8, 4) is 17.4 Å². The van der Waals surface area contributed by atoms with E-state index in [1.54, 1.807) is 26.0 Å². The van der Waals surface area contributed by atoms with Gasteiger partial charge >= 0.3 is 11.9 Å². The summed E-state index contributed by atoms with van der Waals surface area (Å²) in [6.07, 6.45) is 3.67. The standard InChI is InChI=1S/C20H23N3O5/c1-3-27-20(26)17-13(2)23-19(22-10-6-4-5-9-16(24)25)14(12-21)18(17)15-8-7-11-28-15/h7-8,11H,3-6,9-10H2,1-2H3,(H,22,23)(H,24,25). The van der Waals surface area contributed by atoms with Crippen LogP contribution in [0, 0.1) is 18.3 Å². The molecule has 0 atom stereocenters. The van der Waals surface area contributed by atoms with Gasteiger partial charge < -0.3 is 19.6 Å². The highest BCUT2D eigenvalue weighted by Gasteiger charge is 2.26. The van der Waals surface area contributed by atoms with Crippen molar-refractivity contribution < 1.29 is 23.8 Å². The molecule has 2 N–H and O–H groups in total. The zero-order valence-electron chi connectivity index (χ0n) is 15.9. The molecule has 2 heterocycles. The molecule has 28 heavy (non-hydrogen) atoms. The average molecular weight is 385 g/mol. The fourth-order valence-corrected chi connectivity index (χ4v) is 2.85. The van der Waals surface area contributed by atoms with Crippen LogP contribution in [0.3, 0.4) is 0 Å². The van der Waals surface area contributed by atoms with Gasteiger partial charge in [-0.25, -0.2) is 9.78 Å². The van der Waals surface area contributed by atoms with E-state index in [4.69, 9.17) is 14.3 Å². The summed E-state index contributed by atoms with van der Waals surface area (Å²) in [5.41, 5.74) is 1.19. The van der Waals surface area contributed by atoms with Gasteiger partial charge in [0.05, 0.1) is 29.7 Å². The predicted octanol–water partition coefficient (Wildman–Crippen LogP) is 3.76. The maximum absolute atomic E-state index is 12.5. The highest BCUT2D eigenvalue weighted by Crippen LogP contribution is 2.34. The van der Waals surface area contributed by atoms with E-state index in [1.807, 2.05) is 0 Å². The molecule has 2 rings (SSSR count). The summed E-state index contributed by atoms with van der Waals surface area (Å²) in [7, 11) is 0. The first-order valence-electron chi connectivity index (χ1n) is 9.10. The number of aliphatic carboxylic acids is 1. The first kappa shape index (κ1) is 21.0. The van der Waals surface area contributed by atoms with Crippen molar-refractivity contribution in [1.29, 1.82) is 5.26 Å². The molecule has 0 aromatic carbocycles. The number of carboxylic acids is 1. The molecule has 0 aliphatic carbocycles. The maximum Gasteiger partial charge on any atom is 0.340 e. The summed E-state index contributed by atoms with van der Waals surface area (Å²) in [6.45, 7) is 4.11. The Labute approximate surface area is 163 Å². The van der Waals surface area contributed by atoms with Gasteiger partial charge in [-0.15, -0.1) is 0 Å². The Hall–Kier alpha value is -3.34. The molecule has 148 valence electrons. The third kappa shape index (κ3) is 5.10. The van der Waals surface area contributed by atoms with Gasteiger partial charge in [-0.1, -0.05) is 6.42 Å². The number of anilines is 1. The van der Waals surface area contributed by atoms with Crippen LogP contribution < -0.4 is 5.32 Å². The van der Waals surface area contributed by atoms with E-state index in [9.17, 15) is 14.9 Å². The normalized spacial score (nSPS) is 10.3. The zero-order valence-corrected chi connectivity index (χ0v) is 15.9. The zero-order chi connectivity index (χ0) is 20.5. The van der Waals surface area contributed by atoms with Gasteiger partial charge in [0.1, 0.15) is 23.2 Å². The molecule has 8 nitrogen and oxygen atoms in total. The van der Waals surface area contributed by atoms with E-state index in [0.717, 1.165) is 12.8 Å². The number of rotatable bonds is 10. The molecule has 0 radical (unpaired) electrons. The van der Waals surface area contributed by atoms with Crippen LogP contribution in [-0.2, 0) is 9.53 Å². The minimum absolute atomic E-state index is 0.137. The number of unbranched alkanes of at least 4 members (excludes halogenated alkanes) is 2. The molecule has 0 aliphatic rings. The Morgan fingerprint density at radius 2 is 2.14 bits per heavy atom. The number of nitrogens with zero attached hydrogens (tertiary/aromatic N) is 2. The number of carbonyl (C=O) groups is 2. The highest BCUT2D eigenvalue weighted by atomic mass is 16.5. The Morgan fingerprint density at radius 3 is 2.75 bits per heavy atom. The molecule has 0 fully saturated rings. The number of carbonyl (C=O) groups excluding carboxylic acids is 1. The summed E-state index contributed by atoms with van der Waals surface area (Å²) < 4.78 is 10.6. The lowest BCUT2D eigenvalue weighted by Crippen LogP contribution is -2.14. The molecule has 8 heteroatoms. The molecular formula is C20H23N3O5. The fourth-order valence-electron chi connectivity index (χ4n) is 2.85. The Bertz CT molecular complexity index is 869. The first-order chi connectivity index (χ1) is 13.5. The molecule has 2 aromatic heterocycles. The summed E-state index contributed by atoms with van der Waals surface area (Å²) >= 11 is 0. The monoisotopic (exact) mass is 385 g/mol. The molecule has 0 aliphatic heterocycles. The fraction of sp³-hybridized carbons (Fsp3) is 0.400. The van der Waals surface area contributed by atoms with Gasteiger partial charge in [-0.05, 0) is 38.8 Å². The smallest absolute Gasteiger partial charge is 0.340 e. The van der Waals surface area contributed by atoms with Gasteiger partial charge in [0.25, 0.3) is 0 Å². The van der Waals surface area contributed by atoms with Crippen molar-refractivity contribution in [1.82, 2.24) is 4.98 Å². The van der Waals surface area contributed by atoms with E-state index in [-0.39, 0.29) is 24.2 Å². The van der Waals surface area contributed by atoms with E-state index in [1.165, 1.54) is 6.26 Å². The minimum Gasteiger partial charge on any atom is -0.481 e. The van der Waals surface area contributed by atoms with Crippen LogP contribution in [0.25, 0.3) is 11.3 Å². The van der Waals surface area contributed by atoms with Crippen LogP contribution in [0.4, 0.5) is 5.82 Å². The summed E-state index contributed by atoms with van der Waals surface area (Å²) in [4.78, 5) is 27.4. The second-order valence-electron chi connectivity index (χ2n) is 6.11. The Kier molecular flexibility index (Phi) is 7.57. The van der Waals surface area contributed by atoms with E-state index < -0.39 is 11.9 Å². The second kappa shape index (κ2) is 10.1. The van der Waals surface area contributed by atoms with Gasteiger partial charge in [0.15, 0.2) is 0 Å². The van der Waals surface area contributed by atoms with Crippen molar-refractivity contribution in [2.75, 3.05) is 18.5 Å². The lowest BCUT2D eigenvalue weighted by Gasteiger charge is -2.15. The van der Waals surface area contributed by atoms with Gasteiger partial charge in [-0.2, -0.15) is 5.26 Å². The second-order valence-corrected chi connectivity index (χ2v) is 6.11. The number of nitriles is 1.